The first-order valence-corrected chi connectivity index (χ1v) is 7.50. The average Bonchev–Trinajstić information content (AvgIpc) is 2.94. The molecule has 0 bridgehead atoms. The lowest BCUT2D eigenvalue weighted by molar-refractivity contribution is -0.123. The standard InChI is InChI=1S/C14H17Cl2N3O2.ClH/c1-8(13(20)19-9-5-6-17-7-9)18-14(21)10-3-2-4-11(15)12(10)16;/h2-4,8-9,17H,5-7H2,1H3,(H,18,21)(H,19,20);1H. The summed E-state index contributed by atoms with van der Waals surface area (Å²) < 4.78 is 0. The van der Waals surface area contributed by atoms with Gasteiger partial charge in [0.1, 0.15) is 6.04 Å². The number of benzene rings is 1. The number of hydrogen-bond donors (Lipinski definition) is 3. The largest absolute Gasteiger partial charge is 0.350 e. The van der Waals surface area contributed by atoms with E-state index in [2.05, 4.69) is 16.0 Å². The summed E-state index contributed by atoms with van der Waals surface area (Å²) in [5, 5.41) is 9.16. The Hall–Kier alpha value is -1.01. The van der Waals surface area contributed by atoms with E-state index in [0.29, 0.717) is 5.02 Å². The first-order valence-electron chi connectivity index (χ1n) is 6.75. The molecular formula is C14H18Cl3N3O2. The lowest BCUT2D eigenvalue weighted by atomic mass is 10.2. The van der Waals surface area contributed by atoms with Gasteiger partial charge in [0.15, 0.2) is 0 Å². The highest BCUT2D eigenvalue weighted by Gasteiger charge is 2.22. The minimum absolute atomic E-state index is 0. The molecule has 2 unspecified atom stereocenters. The molecule has 2 rings (SSSR count). The molecule has 8 heteroatoms. The van der Waals surface area contributed by atoms with Crippen molar-refractivity contribution in [2.45, 2.75) is 25.4 Å². The number of nitrogens with one attached hydrogen (secondary N) is 3. The van der Waals surface area contributed by atoms with Crippen molar-refractivity contribution >= 4 is 47.4 Å². The molecule has 1 aliphatic heterocycles. The lowest BCUT2D eigenvalue weighted by Gasteiger charge is -2.17. The van der Waals surface area contributed by atoms with Crippen molar-refractivity contribution in [2.24, 2.45) is 0 Å². The van der Waals surface area contributed by atoms with Crippen molar-refractivity contribution in [2.75, 3.05) is 13.1 Å². The summed E-state index contributed by atoms with van der Waals surface area (Å²) in [6.07, 6.45) is 0.895. The highest BCUT2D eigenvalue weighted by Crippen LogP contribution is 2.25. The van der Waals surface area contributed by atoms with E-state index in [-0.39, 0.29) is 34.9 Å². The van der Waals surface area contributed by atoms with Crippen LogP contribution in [0.3, 0.4) is 0 Å². The Morgan fingerprint density at radius 1 is 1.36 bits per heavy atom. The Morgan fingerprint density at radius 3 is 2.73 bits per heavy atom. The second-order valence-corrected chi connectivity index (χ2v) is 5.78. The molecule has 2 atom stereocenters. The molecule has 1 aliphatic rings. The van der Waals surface area contributed by atoms with E-state index < -0.39 is 11.9 Å². The second kappa shape index (κ2) is 8.58. The average molecular weight is 367 g/mol. The molecule has 0 aromatic heterocycles. The van der Waals surface area contributed by atoms with E-state index >= 15 is 0 Å². The third kappa shape index (κ3) is 4.74. The second-order valence-electron chi connectivity index (χ2n) is 4.99. The van der Waals surface area contributed by atoms with Crippen LogP contribution in [-0.4, -0.2) is 37.0 Å². The molecule has 1 aromatic rings. The third-order valence-corrected chi connectivity index (χ3v) is 4.16. The van der Waals surface area contributed by atoms with Crippen molar-refractivity contribution in [1.29, 1.82) is 0 Å². The van der Waals surface area contributed by atoms with Crippen LogP contribution in [0.25, 0.3) is 0 Å². The van der Waals surface area contributed by atoms with Gasteiger partial charge in [-0.05, 0) is 32.0 Å². The van der Waals surface area contributed by atoms with Crippen LogP contribution in [0.2, 0.25) is 10.0 Å². The molecule has 0 saturated carbocycles. The molecule has 0 radical (unpaired) electrons. The van der Waals surface area contributed by atoms with Crippen molar-refractivity contribution in [3.63, 3.8) is 0 Å². The summed E-state index contributed by atoms with van der Waals surface area (Å²) in [5.41, 5.74) is 0.256. The van der Waals surface area contributed by atoms with Crippen LogP contribution < -0.4 is 16.0 Å². The van der Waals surface area contributed by atoms with Crippen molar-refractivity contribution in [3.8, 4) is 0 Å². The number of halogens is 3. The van der Waals surface area contributed by atoms with Crippen molar-refractivity contribution < 1.29 is 9.59 Å². The fourth-order valence-corrected chi connectivity index (χ4v) is 2.51. The van der Waals surface area contributed by atoms with E-state index in [1.54, 1.807) is 25.1 Å². The molecule has 2 amide bonds. The predicted molar refractivity (Wildman–Crippen MR) is 90.1 cm³/mol. The summed E-state index contributed by atoms with van der Waals surface area (Å²) >= 11 is 11.9. The first-order chi connectivity index (χ1) is 9.99. The Morgan fingerprint density at radius 2 is 2.09 bits per heavy atom. The van der Waals surface area contributed by atoms with Crippen LogP contribution in [0.15, 0.2) is 18.2 Å². The molecule has 1 fully saturated rings. The fourth-order valence-electron chi connectivity index (χ4n) is 2.12. The van der Waals surface area contributed by atoms with Gasteiger partial charge in [-0.25, -0.2) is 0 Å². The molecular weight excluding hydrogens is 349 g/mol. The maximum absolute atomic E-state index is 12.1. The normalized spacial score (nSPS) is 18.2. The summed E-state index contributed by atoms with van der Waals surface area (Å²) in [4.78, 5) is 24.1. The molecule has 122 valence electrons. The van der Waals surface area contributed by atoms with Gasteiger partial charge in [-0.15, -0.1) is 12.4 Å². The molecule has 1 saturated heterocycles. The molecule has 1 aromatic carbocycles. The highest BCUT2D eigenvalue weighted by molar-refractivity contribution is 6.43. The number of rotatable bonds is 4. The minimum atomic E-state index is -0.645. The number of carbonyl (C=O) groups is 2. The third-order valence-electron chi connectivity index (χ3n) is 3.34. The first kappa shape index (κ1) is 19.0. The molecule has 0 spiro atoms. The Bertz CT molecular complexity index is 548. The zero-order valence-electron chi connectivity index (χ0n) is 12.0. The van der Waals surface area contributed by atoms with Crippen LogP contribution in [0.4, 0.5) is 0 Å². The van der Waals surface area contributed by atoms with Gasteiger partial charge in [0.2, 0.25) is 5.91 Å². The van der Waals surface area contributed by atoms with Gasteiger partial charge in [0.25, 0.3) is 5.91 Å². The van der Waals surface area contributed by atoms with Gasteiger partial charge in [0.05, 0.1) is 15.6 Å². The zero-order valence-corrected chi connectivity index (χ0v) is 14.3. The van der Waals surface area contributed by atoms with Crippen LogP contribution in [0.5, 0.6) is 0 Å². The van der Waals surface area contributed by atoms with Crippen molar-refractivity contribution in [3.05, 3.63) is 33.8 Å². The molecule has 22 heavy (non-hydrogen) atoms. The smallest absolute Gasteiger partial charge is 0.253 e. The van der Waals surface area contributed by atoms with Gasteiger partial charge in [-0.1, -0.05) is 29.3 Å². The monoisotopic (exact) mass is 365 g/mol. The summed E-state index contributed by atoms with van der Waals surface area (Å²) in [6, 6.07) is 4.27. The summed E-state index contributed by atoms with van der Waals surface area (Å²) in [5.74, 6) is -0.634. The molecule has 1 heterocycles. The van der Waals surface area contributed by atoms with E-state index in [9.17, 15) is 9.59 Å². The van der Waals surface area contributed by atoms with Crippen LogP contribution >= 0.6 is 35.6 Å². The van der Waals surface area contributed by atoms with Gasteiger partial charge in [-0.3, -0.25) is 9.59 Å². The molecule has 5 nitrogen and oxygen atoms in total. The van der Waals surface area contributed by atoms with Crippen LogP contribution in [0, 0.1) is 0 Å². The van der Waals surface area contributed by atoms with Gasteiger partial charge < -0.3 is 16.0 Å². The van der Waals surface area contributed by atoms with E-state index in [1.165, 1.54) is 0 Å². The Labute approximate surface area is 145 Å². The summed E-state index contributed by atoms with van der Waals surface area (Å²) in [6.45, 7) is 3.28. The number of hydrogen-bond acceptors (Lipinski definition) is 3. The van der Waals surface area contributed by atoms with Gasteiger partial charge >= 0.3 is 0 Å². The SMILES string of the molecule is CC(NC(=O)c1cccc(Cl)c1Cl)C(=O)NC1CCNC1.Cl. The topological polar surface area (TPSA) is 70.2 Å². The van der Waals surface area contributed by atoms with Gasteiger partial charge in [-0.2, -0.15) is 0 Å². The Kier molecular flexibility index (Phi) is 7.42. The number of amides is 2. The summed E-state index contributed by atoms with van der Waals surface area (Å²) in [7, 11) is 0. The molecule has 0 aliphatic carbocycles. The predicted octanol–water partition coefficient (Wildman–Crippen LogP) is 2.01. The van der Waals surface area contributed by atoms with E-state index in [1.807, 2.05) is 0 Å². The minimum Gasteiger partial charge on any atom is -0.350 e. The van der Waals surface area contributed by atoms with Crippen LogP contribution in [-0.2, 0) is 4.79 Å². The highest BCUT2D eigenvalue weighted by atomic mass is 35.5. The maximum atomic E-state index is 12.1. The van der Waals surface area contributed by atoms with Crippen LogP contribution in [0.1, 0.15) is 23.7 Å². The molecule has 3 N–H and O–H groups in total. The van der Waals surface area contributed by atoms with Gasteiger partial charge in [0, 0.05) is 12.6 Å². The lowest BCUT2D eigenvalue weighted by Crippen LogP contribution is -2.48. The van der Waals surface area contributed by atoms with E-state index in [4.69, 9.17) is 23.2 Å². The fraction of sp³-hybridized carbons (Fsp3) is 0.429. The number of carbonyl (C=O) groups excluding carboxylic acids is 2. The quantitative estimate of drug-likeness (QED) is 0.763. The van der Waals surface area contributed by atoms with E-state index in [0.717, 1.165) is 19.5 Å². The Balaban J connectivity index is 0.00000242. The zero-order chi connectivity index (χ0) is 15.4. The van der Waals surface area contributed by atoms with Crippen molar-refractivity contribution in [1.82, 2.24) is 16.0 Å². The maximum Gasteiger partial charge on any atom is 0.253 e.